The topological polar surface area (TPSA) is 79.4 Å². The number of unbranched alkanes of at least 4 members (excludes halogenated alkanes) is 2. The summed E-state index contributed by atoms with van der Waals surface area (Å²) in [6.45, 7) is 4.23. The van der Waals surface area contributed by atoms with E-state index in [4.69, 9.17) is 10.00 Å². The van der Waals surface area contributed by atoms with E-state index in [0.29, 0.717) is 24.3 Å². The Bertz CT molecular complexity index is 548. The highest BCUT2D eigenvalue weighted by Crippen LogP contribution is 2.32. The molecule has 0 atom stereocenters. The van der Waals surface area contributed by atoms with Gasteiger partial charge in [0.05, 0.1) is 22.7 Å². The molecule has 0 bridgehead atoms. The van der Waals surface area contributed by atoms with E-state index < -0.39 is 4.92 Å². The van der Waals surface area contributed by atoms with Crippen molar-refractivity contribution in [1.82, 2.24) is 0 Å². The summed E-state index contributed by atoms with van der Waals surface area (Å²) in [4.78, 5) is 12.6. The summed E-state index contributed by atoms with van der Waals surface area (Å²) in [5.74, 6) is 0. The van der Waals surface area contributed by atoms with Gasteiger partial charge >= 0.3 is 0 Å². The Morgan fingerprint density at radius 1 is 1.48 bits per heavy atom. The third kappa shape index (κ3) is 3.70. The molecule has 1 aromatic rings. The highest BCUT2D eigenvalue weighted by molar-refractivity contribution is 5.66. The molecule has 0 saturated carbocycles. The molecule has 1 aromatic carbocycles. The fourth-order valence-corrected chi connectivity index (χ4v) is 2.35. The average molecular weight is 289 g/mol. The second kappa shape index (κ2) is 7.04. The summed E-state index contributed by atoms with van der Waals surface area (Å²) in [7, 11) is 0. The third-order valence-corrected chi connectivity index (χ3v) is 3.59. The molecule has 1 fully saturated rings. The molecule has 1 aliphatic heterocycles. The molecule has 1 saturated heterocycles. The Morgan fingerprint density at radius 3 is 2.86 bits per heavy atom. The molecule has 1 aliphatic rings. The zero-order chi connectivity index (χ0) is 15.2. The van der Waals surface area contributed by atoms with Crippen molar-refractivity contribution >= 4 is 11.4 Å². The minimum absolute atomic E-state index is 0.0153. The zero-order valence-electron chi connectivity index (χ0n) is 12.1. The molecule has 6 heteroatoms. The molecule has 0 aliphatic carbocycles. The fourth-order valence-electron chi connectivity index (χ4n) is 2.35. The van der Waals surface area contributed by atoms with Crippen molar-refractivity contribution < 1.29 is 9.66 Å². The quantitative estimate of drug-likeness (QED) is 0.438. The Balaban J connectivity index is 1.93. The maximum absolute atomic E-state index is 11.1. The molecule has 6 nitrogen and oxygen atoms in total. The molecule has 0 amide bonds. The lowest BCUT2D eigenvalue weighted by molar-refractivity contribution is -0.384. The van der Waals surface area contributed by atoms with Gasteiger partial charge in [-0.25, -0.2) is 0 Å². The Hall–Kier alpha value is -2.13. The van der Waals surface area contributed by atoms with Crippen molar-refractivity contribution in [1.29, 1.82) is 5.26 Å². The Labute approximate surface area is 124 Å². The molecule has 1 heterocycles. The lowest BCUT2D eigenvalue weighted by Crippen LogP contribution is -2.52. The van der Waals surface area contributed by atoms with Crippen LogP contribution in [0.4, 0.5) is 11.4 Å². The summed E-state index contributed by atoms with van der Waals surface area (Å²) in [5.41, 5.74) is 0.851. The molecule has 0 aromatic heterocycles. The number of nitrogens with zero attached hydrogens (tertiary/aromatic N) is 3. The van der Waals surface area contributed by atoms with Crippen LogP contribution in [0.1, 0.15) is 31.7 Å². The van der Waals surface area contributed by atoms with Crippen molar-refractivity contribution in [3.63, 3.8) is 0 Å². The lowest BCUT2D eigenvalue weighted by Gasteiger charge is -2.40. The van der Waals surface area contributed by atoms with Gasteiger partial charge in [0.25, 0.3) is 5.69 Å². The Morgan fingerprint density at radius 2 is 2.24 bits per heavy atom. The minimum atomic E-state index is -0.439. The standard InChI is InChI=1S/C15H19N3O3/c1-2-3-4-7-21-13-10-17(11-13)14-6-5-12(9-16)8-15(14)18(19)20/h5-6,8,13H,2-4,7,10-11H2,1H3. The van der Waals surface area contributed by atoms with Crippen molar-refractivity contribution in [2.24, 2.45) is 0 Å². The van der Waals surface area contributed by atoms with E-state index in [0.717, 1.165) is 25.9 Å². The summed E-state index contributed by atoms with van der Waals surface area (Å²) in [6.07, 6.45) is 3.54. The van der Waals surface area contributed by atoms with Crippen LogP contribution in [0.3, 0.4) is 0 Å². The van der Waals surface area contributed by atoms with Gasteiger partial charge in [-0.05, 0) is 18.6 Å². The molecule has 112 valence electrons. The first-order valence-electron chi connectivity index (χ1n) is 7.20. The van der Waals surface area contributed by atoms with Gasteiger partial charge in [-0.3, -0.25) is 10.1 Å². The highest BCUT2D eigenvalue weighted by atomic mass is 16.6. The number of nitro benzene ring substituents is 1. The highest BCUT2D eigenvalue weighted by Gasteiger charge is 2.31. The smallest absolute Gasteiger partial charge is 0.293 e. The van der Waals surface area contributed by atoms with Crippen LogP contribution < -0.4 is 4.90 Å². The second-order valence-electron chi connectivity index (χ2n) is 5.18. The van der Waals surface area contributed by atoms with Crippen LogP contribution in [0.25, 0.3) is 0 Å². The van der Waals surface area contributed by atoms with E-state index in [-0.39, 0.29) is 11.8 Å². The summed E-state index contributed by atoms with van der Waals surface area (Å²) in [6, 6.07) is 6.50. The fraction of sp³-hybridized carbons (Fsp3) is 0.533. The van der Waals surface area contributed by atoms with Gasteiger partial charge in [-0.2, -0.15) is 5.26 Å². The number of ether oxygens (including phenoxy) is 1. The number of nitro groups is 1. The monoisotopic (exact) mass is 289 g/mol. The number of rotatable bonds is 7. The van der Waals surface area contributed by atoms with Gasteiger partial charge in [0.2, 0.25) is 0 Å². The number of hydrogen-bond acceptors (Lipinski definition) is 5. The molecule has 0 N–H and O–H groups in total. The predicted molar refractivity (Wildman–Crippen MR) is 79.3 cm³/mol. The maximum Gasteiger partial charge on any atom is 0.293 e. The van der Waals surface area contributed by atoms with Gasteiger partial charge < -0.3 is 9.64 Å². The first-order valence-corrected chi connectivity index (χ1v) is 7.20. The lowest BCUT2D eigenvalue weighted by atomic mass is 10.1. The number of hydrogen-bond donors (Lipinski definition) is 0. The molecular weight excluding hydrogens is 270 g/mol. The van der Waals surface area contributed by atoms with Gasteiger partial charge in [0.15, 0.2) is 0 Å². The first-order chi connectivity index (χ1) is 10.2. The first kappa shape index (κ1) is 15.3. The molecular formula is C15H19N3O3. The number of benzene rings is 1. The molecule has 21 heavy (non-hydrogen) atoms. The van der Waals surface area contributed by atoms with Crippen LogP contribution in [-0.4, -0.2) is 30.7 Å². The average Bonchev–Trinajstić information content (AvgIpc) is 2.44. The van der Waals surface area contributed by atoms with Crippen molar-refractivity contribution in [2.45, 2.75) is 32.3 Å². The van der Waals surface area contributed by atoms with Crippen LogP contribution >= 0.6 is 0 Å². The number of nitriles is 1. The summed E-state index contributed by atoms with van der Waals surface area (Å²) >= 11 is 0. The van der Waals surface area contributed by atoms with E-state index in [1.165, 1.54) is 6.07 Å². The van der Waals surface area contributed by atoms with Crippen LogP contribution in [0.15, 0.2) is 18.2 Å². The van der Waals surface area contributed by atoms with Gasteiger partial charge in [0.1, 0.15) is 5.69 Å². The van der Waals surface area contributed by atoms with Crippen molar-refractivity contribution in [3.05, 3.63) is 33.9 Å². The van der Waals surface area contributed by atoms with Crippen LogP contribution in [-0.2, 0) is 4.74 Å². The molecule has 0 spiro atoms. The summed E-state index contributed by atoms with van der Waals surface area (Å²) < 4.78 is 5.71. The van der Waals surface area contributed by atoms with Crippen molar-refractivity contribution in [3.8, 4) is 6.07 Å². The third-order valence-electron chi connectivity index (χ3n) is 3.59. The number of anilines is 1. The van der Waals surface area contributed by atoms with Crippen LogP contribution in [0, 0.1) is 21.4 Å². The van der Waals surface area contributed by atoms with Gasteiger partial charge in [0, 0.05) is 25.8 Å². The van der Waals surface area contributed by atoms with Crippen LogP contribution in [0.2, 0.25) is 0 Å². The SMILES string of the molecule is CCCCCOC1CN(c2ccc(C#N)cc2[N+](=O)[O-])C1. The van der Waals surface area contributed by atoms with E-state index in [1.807, 2.05) is 11.0 Å². The second-order valence-corrected chi connectivity index (χ2v) is 5.18. The van der Waals surface area contributed by atoms with E-state index in [9.17, 15) is 10.1 Å². The molecule has 0 unspecified atom stereocenters. The van der Waals surface area contributed by atoms with E-state index >= 15 is 0 Å². The van der Waals surface area contributed by atoms with Gasteiger partial charge in [-0.15, -0.1) is 0 Å². The zero-order valence-corrected chi connectivity index (χ0v) is 12.1. The van der Waals surface area contributed by atoms with Crippen molar-refractivity contribution in [2.75, 3.05) is 24.6 Å². The molecule has 0 radical (unpaired) electrons. The van der Waals surface area contributed by atoms with E-state index in [2.05, 4.69) is 6.92 Å². The molecule has 2 rings (SSSR count). The Kier molecular flexibility index (Phi) is 5.12. The maximum atomic E-state index is 11.1. The minimum Gasteiger partial charge on any atom is -0.375 e. The largest absolute Gasteiger partial charge is 0.375 e. The normalized spacial score (nSPS) is 14.6. The van der Waals surface area contributed by atoms with E-state index in [1.54, 1.807) is 12.1 Å². The van der Waals surface area contributed by atoms with Gasteiger partial charge in [-0.1, -0.05) is 19.8 Å². The predicted octanol–water partition coefficient (Wildman–Crippen LogP) is 2.86. The van der Waals surface area contributed by atoms with Crippen LogP contribution in [0.5, 0.6) is 0 Å². The summed E-state index contributed by atoms with van der Waals surface area (Å²) in [5, 5.41) is 19.9.